The Kier molecular flexibility index (Phi) is 7.61. The number of nitrogens with zero attached hydrogens (tertiary/aromatic N) is 2. The number of hydrogen-bond acceptors (Lipinski definition) is 3. The van der Waals surface area contributed by atoms with Gasteiger partial charge in [-0.3, -0.25) is 0 Å². The molecule has 0 spiro atoms. The first-order valence-corrected chi connectivity index (χ1v) is 19.5. The molecule has 3 heteroatoms. The molecule has 0 aliphatic heterocycles. The third kappa shape index (κ3) is 5.43. The smallest absolute Gasteiger partial charge is 0.160 e. The molecule has 10 aromatic rings. The van der Waals surface area contributed by atoms with E-state index in [9.17, 15) is 0 Å². The summed E-state index contributed by atoms with van der Waals surface area (Å²) in [6.07, 6.45) is 0. The number of aromatic nitrogens is 2. The van der Waals surface area contributed by atoms with Crippen LogP contribution in [-0.2, 0) is 5.41 Å². The molecular weight excluding hydrogens is 693 g/mol. The maximum atomic E-state index is 6.14. The lowest BCUT2D eigenvalue weighted by atomic mass is 9.74. The largest absolute Gasteiger partial charge is 0.456 e. The van der Waals surface area contributed by atoms with E-state index in [-0.39, 0.29) is 5.41 Å². The SMILES string of the molecule is CC1(c2ccccc2)c2ccccc2-c2cc(-c3ccccc3-c3cc(-c4cccc(-c5ccc6oc7ccccc7c6c5)c4)nc(-c4ccccc4)n3)ccc21. The minimum absolute atomic E-state index is 0.246. The zero-order chi connectivity index (χ0) is 37.9. The summed E-state index contributed by atoms with van der Waals surface area (Å²) in [5.41, 5.74) is 17.4. The fourth-order valence-electron chi connectivity index (χ4n) is 8.92. The van der Waals surface area contributed by atoms with Crippen molar-refractivity contribution in [1.29, 1.82) is 0 Å². The van der Waals surface area contributed by atoms with Gasteiger partial charge < -0.3 is 4.42 Å². The van der Waals surface area contributed by atoms with Gasteiger partial charge in [0.25, 0.3) is 0 Å². The normalized spacial score (nSPS) is 14.5. The van der Waals surface area contributed by atoms with E-state index in [0.29, 0.717) is 5.82 Å². The Hall–Kier alpha value is -7.36. The van der Waals surface area contributed by atoms with Gasteiger partial charge in [0.2, 0.25) is 0 Å². The zero-order valence-corrected chi connectivity index (χ0v) is 31.4. The van der Waals surface area contributed by atoms with E-state index in [0.717, 1.165) is 72.3 Å². The van der Waals surface area contributed by atoms with E-state index in [4.69, 9.17) is 14.4 Å². The molecular formula is C54H36N2O. The van der Waals surface area contributed by atoms with Crippen LogP contribution in [0.3, 0.4) is 0 Å². The molecule has 0 fully saturated rings. The van der Waals surface area contributed by atoms with Gasteiger partial charge in [0.15, 0.2) is 5.82 Å². The van der Waals surface area contributed by atoms with Crippen molar-refractivity contribution in [2.24, 2.45) is 0 Å². The summed E-state index contributed by atoms with van der Waals surface area (Å²) in [5.74, 6) is 0.691. The number of furan rings is 1. The molecule has 0 saturated carbocycles. The van der Waals surface area contributed by atoms with Crippen LogP contribution in [0.4, 0.5) is 0 Å². The van der Waals surface area contributed by atoms with Crippen LogP contribution in [0.2, 0.25) is 0 Å². The molecule has 0 amide bonds. The molecule has 1 atom stereocenters. The summed E-state index contributed by atoms with van der Waals surface area (Å²) in [6.45, 7) is 2.36. The fraction of sp³-hybridized carbons (Fsp3) is 0.0370. The summed E-state index contributed by atoms with van der Waals surface area (Å²) >= 11 is 0. The average Bonchev–Trinajstić information content (AvgIpc) is 3.79. The first-order chi connectivity index (χ1) is 28.1. The molecule has 1 aliphatic rings. The third-order valence-corrected chi connectivity index (χ3v) is 11.8. The number of fused-ring (bicyclic) bond motifs is 6. The van der Waals surface area contributed by atoms with Crippen molar-refractivity contribution in [1.82, 2.24) is 9.97 Å². The second-order valence-electron chi connectivity index (χ2n) is 15.1. The second kappa shape index (κ2) is 13.1. The van der Waals surface area contributed by atoms with Crippen LogP contribution in [0, 0.1) is 0 Å². The standard InChI is InChI=1S/C54H36N2O/c1-54(40-19-6-3-7-20-40)47-25-12-10-22-42(47)45-33-38(27-29-48(45)54)41-21-8-9-23-43(41)50-34-49(55-53(56-50)35-15-4-2-5-16-35)39-18-14-17-36(31-39)37-28-30-52-46(32-37)44-24-11-13-26-51(44)57-52/h2-34H,1H3. The molecule has 1 unspecified atom stereocenters. The summed E-state index contributed by atoms with van der Waals surface area (Å²) in [6, 6.07) is 71.1. The molecule has 1 aliphatic carbocycles. The molecule has 0 N–H and O–H groups in total. The Morgan fingerprint density at radius 3 is 1.84 bits per heavy atom. The topological polar surface area (TPSA) is 38.9 Å². The van der Waals surface area contributed by atoms with Gasteiger partial charge in [0.05, 0.1) is 11.4 Å². The highest BCUT2D eigenvalue weighted by molar-refractivity contribution is 6.06. The minimum atomic E-state index is -0.246. The van der Waals surface area contributed by atoms with Gasteiger partial charge in [-0.2, -0.15) is 0 Å². The molecule has 0 radical (unpaired) electrons. The maximum Gasteiger partial charge on any atom is 0.160 e. The maximum absolute atomic E-state index is 6.14. The molecule has 0 bridgehead atoms. The van der Waals surface area contributed by atoms with Gasteiger partial charge in [-0.1, -0.05) is 164 Å². The molecule has 0 saturated heterocycles. The van der Waals surface area contributed by atoms with E-state index in [2.05, 4.69) is 177 Å². The predicted octanol–water partition coefficient (Wildman–Crippen LogP) is 14.0. The van der Waals surface area contributed by atoms with E-state index < -0.39 is 0 Å². The number of rotatable bonds is 6. The summed E-state index contributed by atoms with van der Waals surface area (Å²) in [7, 11) is 0. The van der Waals surface area contributed by atoms with Crippen LogP contribution in [0.5, 0.6) is 0 Å². The molecule has 2 aromatic heterocycles. The highest BCUT2D eigenvalue weighted by atomic mass is 16.3. The lowest BCUT2D eigenvalue weighted by molar-refractivity contribution is 0.669. The first-order valence-electron chi connectivity index (χ1n) is 19.5. The number of para-hydroxylation sites is 1. The zero-order valence-electron chi connectivity index (χ0n) is 31.4. The number of hydrogen-bond donors (Lipinski definition) is 0. The molecule has 3 nitrogen and oxygen atoms in total. The fourth-order valence-corrected chi connectivity index (χ4v) is 8.92. The summed E-state index contributed by atoms with van der Waals surface area (Å²) < 4.78 is 6.14. The van der Waals surface area contributed by atoms with Crippen molar-refractivity contribution >= 4 is 21.9 Å². The lowest BCUT2D eigenvalue weighted by Crippen LogP contribution is -2.22. The van der Waals surface area contributed by atoms with E-state index in [1.54, 1.807) is 0 Å². The van der Waals surface area contributed by atoms with Crippen LogP contribution < -0.4 is 0 Å². The van der Waals surface area contributed by atoms with Crippen LogP contribution >= 0.6 is 0 Å². The Balaban J connectivity index is 1.05. The second-order valence-corrected chi connectivity index (χ2v) is 15.1. The van der Waals surface area contributed by atoms with Crippen molar-refractivity contribution < 1.29 is 4.42 Å². The first kappa shape index (κ1) is 33.0. The molecule has 2 heterocycles. The molecule has 8 aromatic carbocycles. The third-order valence-electron chi connectivity index (χ3n) is 11.8. The highest BCUT2D eigenvalue weighted by Crippen LogP contribution is 2.53. The summed E-state index contributed by atoms with van der Waals surface area (Å²) in [5, 5.41) is 2.23. The van der Waals surface area contributed by atoms with Gasteiger partial charge in [-0.15, -0.1) is 0 Å². The number of benzene rings is 8. The van der Waals surface area contributed by atoms with Crippen molar-refractivity contribution in [3.05, 3.63) is 217 Å². The van der Waals surface area contributed by atoms with Gasteiger partial charge >= 0.3 is 0 Å². The Labute approximate surface area is 331 Å². The average molecular weight is 729 g/mol. The van der Waals surface area contributed by atoms with Crippen molar-refractivity contribution in [3.8, 4) is 67.3 Å². The lowest BCUT2D eigenvalue weighted by Gasteiger charge is -2.28. The van der Waals surface area contributed by atoms with Gasteiger partial charge in [0.1, 0.15) is 11.2 Å². The van der Waals surface area contributed by atoms with Crippen molar-refractivity contribution in [2.75, 3.05) is 0 Å². The highest BCUT2D eigenvalue weighted by Gasteiger charge is 2.40. The predicted molar refractivity (Wildman–Crippen MR) is 234 cm³/mol. The van der Waals surface area contributed by atoms with Crippen LogP contribution in [0.25, 0.3) is 89.2 Å². The van der Waals surface area contributed by atoms with Crippen LogP contribution in [-0.4, -0.2) is 9.97 Å². The van der Waals surface area contributed by atoms with Crippen molar-refractivity contribution in [2.45, 2.75) is 12.3 Å². The van der Waals surface area contributed by atoms with Crippen LogP contribution in [0.1, 0.15) is 23.6 Å². The Bertz CT molecular complexity index is 3140. The van der Waals surface area contributed by atoms with E-state index in [1.807, 2.05) is 30.3 Å². The van der Waals surface area contributed by atoms with Crippen LogP contribution in [0.15, 0.2) is 205 Å². The monoisotopic (exact) mass is 728 g/mol. The Morgan fingerprint density at radius 1 is 0.368 bits per heavy atom. The quantitative estimate of drug-likeness (QED) is 0.171. The minimum Gasteiger partial charge on any atom is -0.456 e. The summed E-state index contributed by atoms with van der Waals surface area (Å²) in [4.78, 5) is 10.5. The molecule has 11 rings (SSSR count). The molecule has 268 valence electrons. The van der Waals surface area contributed by atoms with Gasteiger partial charge in [-0.05, 0) is 93.4 Å². The van der Waals surface area contributed by atoms with E-state index in [1.165, 1.54) is 27.8 Å². The van der Waals surface area contributed by atoms with Gasteiger partial charge in [-0.25, -0.2) is 9.97 Å². The van der Waals surface area contributed by atoms with Gasteiger partial charge in [0, 0.05) is 32.9 Å². The van der Waals surface area contributed by atoms with Crippen molar-refractivity contribution in [3.63, 3.8) is 0 Å². The Morgan fingerprint density at radius 2 is 0.982 bits per heavy atom. The molecule has 57 heavy (non-hydrogen) atoms. The van der Waals surface area contributed by atoms with E-state index >= 15 is 0 Å².